The highest BCUT2D eigenvalue weighted by Crippen LogP contribution is 2.31. The highest BCUT2D eigenvalue weighted by Gasteiger charge is 2.35. The number of nitrogens with one attached hydrogen (secondary N) is 2. The largest absolute Gasteiger partial charge is 0.349 e. The molecule has 0 radical (unpaired) electrons. The van der Waals surface area contributed by atoms with E-state index >= 15 is 0 Å². The number of rotatable bonds is 3. The van der Waals surface area contributed by atoms with Crippen LogP contribution in [0.3, 0.4) is 0 Å². The molecule has 128 valence electrons. The van der Waals surface area contributed by atoms with E-state index in [2.05, 4.69) is 10.3 Å². The van der Waals surface area contributed by atoms with E-state index in [1.165, 1.54) is 0 Å². The lowest BCUT2D eigenvalue weighted by Crippen LogP contribution is -2.47. The fourth-order valence-electron chi connectivity index (χ4n) is 3.78. The van der Waals surface area contributed by atoms with Gasteiger partial charge in [-0.25, -0.2) is 0 Å². The summed E-state index contributed by atoms with van der Waals surface area (Å²) in [5.41, 5.74) is 1.98. The molecule has 4 rings (SSSR count). The van der Waals surface area contributed by atoms with Gasteiger partial charge in [0.05, 0.1) is 0 Å². The van der Waals surface area contributed by atoms with Crippen LogP contribution < -0.4 is 10.9 Å². The summed E-state index contributed by atoms with van der Waals surface area (Å²) >= 11 is 0. The number of hydrogen-bond acceptors (Lipinski definition) is 3. The van der Waals surface area contributed by atoms with Crippen molar-refractivity contribution in [2.45, 2.75) is 51.0 Å². The van der Waals surface area contributed by atoms with Gasteiger partial charge in [-0.1, -0.05) is 0 Å². The van der Waals surface area contributed by atoms with E-state index in [0.29, 0.717) is 13.1 Å². The highest BCUT2D eigenvalue weighted by atomic mass is 16.2. The van der Waals surface area contributed by atoms with E-state index in [1.807, 2.05) is 4.90 Å². The van der Waals surface area contributed by atoms with Gasteiger partial charge in [0.2, 0.25) is 5.91 Å². The van der Waals surface area contributed by atoms with Gasteiger partial charge in [0, 0.05) is 30.7 Å². The Hall–Kier alpha value is -2.11. The molecule has 6 heteroatoms. The van der Waals surface area contributed by atoms with Crippen molar-refractivity contribution in [3.63, 3.8) is 0 Å². The topological polar surface area (TPSA) is 82.3 Å². The van der Waals surface area contributed by atoms with Gasteiger partial charge in [-0.05, 0) is 56.6 Å². The fourth-order valence-corrected chi connectivity index (χ4v) is 3.78. The molecule has 2 aliphatic carbocycles. The Morgan fingerprint density at radius 3 is 2.58 bits per heavy atom. The van der Waals surface area contributed by atoms with Crippen LogP contribution in [0.4, 0.5) is 0 Å². The maximum Gasteiger partial charge on any atom is 0.261 e. The third-order valence-electron chi connectivity index (χ3n) is 5.40. The second-order valence-corrected chi connectivity index (χ2v) is 7.22. The molecule has 0 bridgehead atoms. The molecule has 1 saturated heterocycles. The molecular weight excluding hydrogens is 306 g/mol. The Labute approximate surface area is 140 Å². The molecule has 1 aliphatic heterocycles. The summed E-state index contributed by atoms with van der Waals surface area (Å²) in [5, 5.41) is 2.97. The standard InChI is InChI=1S/C18H23N3O3/c22-16(14-10-12-2-1-3-15(12)20-17(14)23)19-13-6-8-21(9-7-13)18(24)11-4-5-11/h10-11,13H,1-9H2,(H,19,22)(H,20,23). The molecule has 0 aromatic carbocycles. The van der Waals surface area contributed by atoms with Gasteiger partial charge >= 0.3 is 0 Å². The number of hydrogen-bond donors (Lipinski definition) is 2. The molecule has 2 amide bonds. The van der Waals surface area contributed by atoms with Crippen LogP contribution in [0.2, 0.25) is 0 Å². The Balaban J connectivity index is 1.37. The second kappa shape index (κ2) is 6.07. The maximum atomic E-state index is 12.5. The zero-order valence-electron chi connectivity index (χ0n) is 13.8. The first-order valence-corrected chi connectivity index (χ1v) is 8.96. The van der Waals surface area contributed by atoms with Crippen molar-refractivity contribution in [2.75, 3.05) is 13.1 Å². The Morgan fingerprint density at radius 2 is 1.88 bits per heavy atom. The Kier molecular flexibility index (Phi) is 3.90. The van der Waals surface area contributed by atoms with E-state index in [4.69, 9.17) is 0 Å². The number of carbonyl (C=O) groups is 2. The molecular formula is C18H23N3O3. The molecule has 3 aliphatic rings. The van der Waals surface area contributed by atoms with Crippen LogP contribution in [-0.4, -0.2) is 40.8 Å². The molecule has 1 saturated carbocycles. The van der Waals surface area contributed by atoms with Gasteiger partial charge < -0.3 is 15.2 Å². The van der Waals surface area contributed by atoms with Crippen molar-refractivity contribution < 1.29 is 9.59 Å². The predicted molar refractivity (Wildman–Crippen MR) is 88.9 cm³/mol. The number of fused-ring (bicyclic) bond motifs is 1. The third kappa shape index (κ3) is 2.97. The summed E-state index contributed by atoms with van der Waals surface area (Å²) in [6, 6.07) is 1.79. The molecule has 0 unspecified atom stereocenters. The first-order chi connectivity index (χ1) is 11.6. The van der Waals surface area contributed by atoms with Crippen molar-refractivity contribution in [1.82, 2.24) is 15.2 Å². The lowest BCUT2D eigenvalue weighted by molar-refractivity contribution is -0.133. The van der Waals surface area contributed by atoms with E-state index in [0.717, 1.165) is 56.2 Å². The lowest BCUT2D eigenvalue weighted by Gasteiger charge is -2.32. The highest BCUT2D eigenvalue weighted by molar-refractivity contribution is 5.94. The minimum Gasteiger partial charge on any atom is -0.349 e. The van der Waals surface area contributed by atoms with Gasteiger partial charge in [0.25, 0.3) is 11.5 Å². The maximum absolute atomic E-state index is 12.5. The zero-order chi connectivity index (χ0) is 16.7. The van der Waals surface area contributed by atoms with E-state index < -0.39 is 0 Å². The number of amides is 2. The number of likely N-dealkylation sites (tertiary alicyclic amines) is 1. The minimum absolute atomic E-state index is 0.0356. The number of pyridine rings is 1. The van der Waals surface area contributed by atoms with Crippen molar-refractivity contribution in [2.24, 2.45) is 5.92 Å². The van der Waals surface area contributed by atoms with Crippen LogP contribution in [0.5, 0.6) is 0 Å². The molecule has 1 aromatic rings. The summed E-state index contributed by atoms with van der Waals surface area (Å²) in [6.07, 6.45) is 6.41. The molecule has 1 aromatic heterocycles. The quantitative estimate of drug-likeness (QED) is 0.868. The summed E-state index contributed by atoms with van der Waals surface area (Å²) in [4.78, 5) is 41.4. The SMILES string of the molecule is O=C(NC1CCN(C(=O)C2CC2)CC1)c1cc2c([nH]c1=O)CCC2. The van der Waals surface area contributed by atoms with Gasteiger partial charge in [0.1, 0.15) is 5.56 Å². The lowest BCUT2D eigenvalue weighted by atomic mass is 10.0. The molecule has 24 heavy (non-hydrogen) atoms. The first-order valence-electron chi connectivity index (χ1n) is 8.96. The molecule has 2 N–H and O–H groups in total. The third-order valence-corrected chi connectivity index (χ3v) is 5.40. The van der Waals surface area contributed by atoms with Crippen LogP contribution in [0.1, 0.15) is 53.7 Å². The van der Waals surface area contributed by atoms with Crippen LogP contribution in [-0.2, 0) is 17.6 Å². The Morgan fingerprint density at radius 1 is 1.12 bits per heavy atom. The summed E-state index contributed by atoms with van der Waals surface area (Å²) in [7, 11) is 0. The summed E-state index contributed by atoms with van der Waals surface area (Å²) < 4.78 is 0. The van der Waals surface area contributed by atoms with Crippen molar-refractivity contribution in [3.8, 4) is 0 Å². The molecule has 2 fully saturated rings. The van der Waals surface area contributed by atoms with Gasteiger partial charge in [0.15, 0.2) is 0 Å². The van der Waals surface area contributed by atoms with E-state index in [9.17, 15) is 14.4 Å². The average Bonchev–Trinajstić information content (AvgIpc) is 3.33. The summed E-state index contributed by atoms with van der Waals surface area (Å²) in [6.45, 7) is 1.39. The van der Waals surface area contributed by atoms with Crippen molar-refractivity contribution in [1.29, 1.82) is 0 Å². The number of aromatic nitrogens is 1. The molecule has 0 atom stereocenters. The van der Waals surface area contributed by atoms with Gasteiger partial charge in [-0.15, -0.1) is 0 Å². The number of aryl methyl sites for hydroxylation is 2. The number of H-pyrrole nitrogens is 1. The first kappa shape index (κ1) is 15.4. The van der Waals surface area contributed by atoms with Gasteiger partial charge in [-0.2, -0.15) is 0 Å². The zero-order valence-corrected chi connectivity index (χ0v) is 13.8. The van der Waals surface area contributed by atoms with Crippen LogP contribution in [0.25, 0.3) is 0 Å². The smallest absolute Gasteiger partial charge is 0.261 e. The number of nitrogens with zero attached hydrogens (tertiary/aromatic N) is 1. The molecule has 2 heterocycles. The average molecular weight is 329 g/mol. The van der Waals surface area contributed by atoms with E-state index in [1.54, 1.807) is 6.07 Å². The van der Waals surface area contributed by atoms with Crippen LogP contribution in [0, 0.1) is 5.92 Å². The number of piperidine rings is 1. The second-order valence-electron chi connectivity index (χ2n) is 7.22. The van der Waals surface area contributed by atoms with E-state index in [-0.39, 0.29) is 34.9 Å². The normalized spacial score (nSPS) is 20.8. The fraction of sp³-hybridized carbons (Fsp3) is 0.611. The minimum atomic E-state index is -0.297. The number of aromatic amines is 1. The van der Waals surface area contributed by atoms with Crippen molar-refractivity contribution >= 4 is 11.8 Å². The predicted octanol–water partition coefficient (Wildman–Crippen LogP) is 0.994. The molecule has 0 spiro atoms. The van der Waals surface area contributed by atoms with Gasteiger partial charge in [-0.3, -0.25) is 14.4 Å². The van der Waals surface area contributed by atoms with Crippen LogP contribution in [0.15, 0.2) is 10.9 Å². The Bertz CT molecular complexity index is 728. The number of carbonyl (C=O) groups excluding carboxylic acids is 2. The summed E-state index contributed by atoms with van der Waals surface area (Å²) in [5.74, 6) is 0.230. The molecule has 6 nitrogen and oxygen atoms in total. The van der Waals surface area contributed by atoms with Crippen LogP contribution >= 0.6 is 0 Å². The monoisotopic (exact) mass is 329 g/mol. The van der Waals surface area contributed by atoms with Crippen molar-refractivity contribution in [3.05, 3.63) is 33.2 Å².